The fourth-order valence-corrected chi connectivity index (χ4v) is 6.54. The lowest BCUT2D eigenvalue weighted by Gasteiger charge is -2.31. The second-order valence-corrected chi connectivity index (χ2v) is 10.4. The minimum atomic E-state index is -0.959. The molecule has 10 nitrogen and oxygen atoms in total. The first-order chi connectivity index (χ1) is 18.7. The highest BCUT2D eigenvalue weighted by Gasteiger charge is 2.73. The van der Waals surface area contributed by atoms with Crippen molar-refractivity contribution in [1.29, 1.82) is 5.26 Å². The maximum atomic E-state index is 13.9. The number of amides is 2. The van der Waals surface area contributed by atoms with Crippen LogP contribution in [0.4, 0.5) is 11.4 Å². The smallest absolute Gasteiger partial charge is 0.338 e. The van der Waals surface area contributed by atoms with E-state index >= 15 is 0 Å². The second kappa shape index (κ2) is 8.71. The molecule has 3 aliphatic rings. The summed E-state index contributed by atoms with van der Waals surface area (Å²) in [6.45, 7) is 1.81. The third-order valence-electron chi connectivity index (χ3n) is 8.35. The number of nitrogens with zero attached hydrogens (tertiary/aromatic N) is 3. The van der Waals surface area contributed by atoms with Crippen molar-refractivity contribution in [1.82, 2.24) is 0 Å². The van der Waals surface area contributed by atoms with Gasteiger partial charge in [0, 0.05) is 29.3 Å². The van der Waals surface area contributed by atoms with Gasteiger partial charge in [-0.25, -0.2) is 9.69 Å². The van der Waals surface area contributed by atoms with Gasteiger partial charge in [0.25, 0.3) is 5.69 Å². The normalized spacial score (nSPS) is 27.0. The molecule has 0 radical (unpaired) electrons. The fourth-order valence-electron chi connectivity index (χ4n) is 6.54. The van der Waals surface area contributed by atoms with Crippen LogP contribution in [0.25, 0.3) is 10.8 Å². The average molecular weight is 526 g/mol. The number of rotatable bonds is 6. The van der Waals surface area contributed by atoms with Crippen LogP contribution >= 0.6 is 0 Å². The molecule has 3 aliphatic heterocycles. The van der Waals surface area contributed by atoms with Gasteiger partial charge in [0.2, 0.25) is 11.8 Å². The molecule has 2 unspecified atom stereocenters. The number of anilines is 1. The maximum Gasteiger partial charge on any atom is 0.338 e. The molecule has 2 bridgehead atoms. The van der Waals surface area contributed by atoms with E-state index in [1.54, 1.807) is 36.4 Å². The summed E-state index contributed by atoms with van der Waals surface area (Å²) in [5.74, 6) is -2.72. The number of ether oxygens (including phenoxy) is 2. The third kappa shape index (κ3) is 3.61. The van der Waals surface area contributed by atoms with Gasteiger partial charge < -0.3 is 9.47 Å². The van der Waals surface area contributed by atoms with Crippen molar-refractivity contribution in [2.45, 2.75) is 37.4 Å². The number of nitro benzene ring substituents is 1. The number of imide groups is 1. The molecule has 0 aliphatic carbocycles. The van der Waals surface area contributed by atoms with Gasteiger partial charge in [-0.2, -0.15) is 5.26 Å². The predicted molar refractivity (Wildman–Crippen MR) is 138 cm³/mol. The maximum absolute atomic E-state index is 13.9. The van der Waals surface area contributed by atoms with Gasteiger partial charge in [-0.3, -0.25) is 19.7 Å². The van der Waals surface area contributed by atoms with Gasteiger partial charge in [0.05, 0.1) is 57.5 Å². The second-order valence-electron chi connectivity index (χ2n) is 10.4. The first-order valence-corrected chi connectivity index (χ1v) is 12.6. The van der Waals surface area contributed by atoms with Gasteiger partial charge in [0.1, 0.15) is 0 Å². The topological polar surface area (TPSA) is 140 Å². The average Bonchev–Trinajstić information content (AvgIpc) is 3.52. The Morgan fingerprint density at radius 3 is 2.46 bits per heavy atom. The molecule has 3 aromatic rings. The third-order valence-corrected chi connectivity index (χ3v) is 8.35. The molecule has 2 amide bonds. The number of non-ortho nitro benzene ring substituents is 1. The Bertz CT molecular complexity index is 1610. The predicted octanol–water partition coefficient (Wildman–Crippen LogP) is 4.29. The van der Waals surface area contributed by atoms with E-state index in [-0.39, 0.29) is 36.1 Å². The number of nitriles is 1. The van der Waals surface area contributed by atoms with E-state index in [0.29, 0.717) is 34.9 Å². The molecule has 39 heavy (non-hydrogen) atoms. The Labute approximate surface area is 222 Å². The quantitative estimate of drug-likeness (QED) is 0.201. The Balaban J connectivity index is 1.26. The first-order valence-electron chi connectivity index (χ1n) is 12.6. The van der Waals surface area contributed by atoms with E-state index in [1.807, 2.05) is 6.92 Å². The summed E-state index contributed by atoms with van der Waals surface area (Å²) in [6, 6.07) is 17.7. The minimum absolute atomic E-state index is 0.0452. The van der Waals surface area contributed by atoms with Crippen molar-refractivity contribution in [2.24, 2.45) is 11.8 Å². The summed E-state index contributed by atoms with van der Waals surface area (Å²) < 4.78 is 11.9. The summed E-state index contributed by atoms with van der Waals surface area (Å²) in [5.41, 5.74) is -0.849. The summed E-state index contributed by atoms with van der Waals surface area (Å²) in [6.07, 6.45) is 1.36. The highest BCUT2D eigenvalue weighted by molar-refractivity contribution is 6.26. The number of carbonyl (C=O) groups is 3. The summed E-state index contributed by atoms with van der Waals surface area (Å²) >= 11 is 0. The van der Waals surface area contributed by atoms with E-state index in [9.17, 15) is 29.8 Å². The van der Waals surface area contributed by atoms with Crippen molar-refractivity contribution >= 4 is 39.9 Å². The highest BCUT2D eigenvalue weighted by Crippen LogP contribution is 2.62. The lowest BCUT2D eigenvalue weighted by atomic mass is 9.67. The zero-order valence-corrected chi connectivity index (χ0v) is 21.0. The van der Waals surface area contributed by atoms with Crippen LogP contribution < -0.4 is 4.90 Å². The van der Waals surface area contributed by atoms with Crippen LogP contribution in [0.3, 0.4) is 0 Å². The standard InChI is InChI=1S/C29H23N3O7/c1-28-12-13-29(39-28,14-15-38-27(35)17-6-9-19(10-7-17)32(36)37)24-23(28)25(33)31(26(24)34)22-11-8-18(16-30)20-4-2-3-5-21(20)22/h2-11,23-24H,12-15H2,1H3/t23-,24+,28?,29?/m0/s1. The molecule has 4 atom stereocenters. The zero-order valence-electron chi connectivity index (χ0n) is 21.0. The number of nitro groups is 1. The van der Waals surface area contributed by atoms with E-state index < -0.39 is 33.9 Å². The van der Waals surface area contributed by atoms with Crippen LogP contribution in [-0.4, -0.2) is 40.5 Å². The van der Waals surface area contributed by atoms with Crippen LogP contribution in [-0.2, 0) is 19.1 Å². The van der Waals surface area contributed by atoms with Gasteiger partial charge in [0.15, 0.2) is 0 Å². The number of carbonyl (C=O) groups excluding carboxylic acids is 3. The lowest BCUT2D eigenvalue weighted by molar-refractivity contribution is -0.384. The van der Waals surface area contributed by atoms with E-state index in [4.69, 9.17) is 9.47 Å². The van der Waals surface area contributed by atoms with Crippen LogP contribution in [0.2, 0.25) is 0 Å². The molecule has 0 spiro atoms. The molecule has 196 valence electrons. The zero-order chi connectivity index (χ0) is 27.5. The SMILES string of the molecule is CC12CCC(CCOC(=O)c3ccc([N+](=O)[O-])cc3)(O1)[C@H]1C(=O)N(c3ccc(C#N)c4ccccc34)C(=O)[C@H]12. The van der Waals surface area contributed by atoms with Crippen molar-refractivity contribution < 1.29 is 28.8 Å². The molecule has 0 saturated carbocycles. The van der Waals surface area contributed by atoms with Crippen molar-refractivity contribution in [2.75, 3.05) is 11.5 Å². The molecule has 3 heterocycles. The Morgan fingerprint density at radius 2 is 1.77 bits per heavy atom. The Hall–Kier alpha value is -4.62. The molecular weight excluding hydrogens is 502 g/mol. The highest BCUT2D eigenvalue weighted by atomic mass is 16.6. The van der Waals surface area contributed by atoms with E-state index in [2.05, 4.69) is 6.07 Å². The lowest BCUT2D eigenvalue weighted by Crippen LogP contribution is -2.43. The van der Waals surface area contributed by atoms with Crippen molar-refractivity contribution in [3.8, 4) is 6.07 Å². The molecule has 3 saturated heterocycles. The van der Waals surface area contributed by atoms with E-state index in [1.165, 1.54) is 29.2 Å². The number of benzene rings is 3. The monoisotopic (exact) mass is 525 g/mol. The van der Waals surface area contributed by atoms with Crippen LogP contribution in [0.5, 0.6) is 0 Å². The molecule has 10 heteroatoms. The number of hydrogen-bond donors (Lipinski definition) is 0. The Morgan fingerprint density at radius 1 is 1.08 bits per heavy atom. The van der Waals surface area contributed by atoms with Crippen LogP contribution in [0.15, 0.2) is 60.7 Å². The minimum Gasteiger partial charge on any atom is -0.462 e. The van der Waals surface area contributed by atoms with Gasteiger partial charge in [-0.15, -0.1) is 0 Å². The molecular formula is C29H23N3O7. The van der Waals surface area contributed by atoms with Crippen molar-refractivity contribution in [3.05, 3.63) is 81.9 Å². The van der Waals surface area contributed by atoms with Crippen LogP contribution in [0.1, 0.15) is 42.1 Å². The number of fused-ring (bicyclic) bond motifs is 6. The summed E-state index contributed by atoms with van der Waals surface area (Å²) in [5, 5.41) is 21.7. The largest absolute Gasteiger partial charge is 0.462 e. The molecule has 3 aromatic carbocycles. The molecule has 6 rings (SSSR count). The van der Waals surface area contributed by atoms with Gasteiger partial charge >= 0.3 is 5.97 Å². The number of hydrogen-bond acceptors (Lipinski definition) is 8. The first kappa shape index (κ1) is 24.7. The van der Waals surface area contributed by atoms with Gasteiger partial charge in [-0.05, 0) is 44.0 Å². The molecule has 3 fully saturated rings. The van der Waals surface area contributed by atoms with E-state index in [0.717, 1.165) is 0 Å². The number of esters is 1. The molecule has 0 aromatic heterocycles. The van der Waals surface area contributed by atoms with Gasteiger partial charge in [-0.1, -0.05) is 24.3 Å². The van der Waals surface area contributed by atoms with Crippen molar-refractivity contribution in [3.63, 3.8) is 0 Å². The molecule has 0 N–H and O–H groups in total. The fraction of sp³-hybridized carbons (Fsp3) is 0.310. The Kier molecular flexibility index (Phi) is 5.52. The van der Waals surface area contributed by atoms with Crippen LogP contribution in [0, 0.1) is 33.3 Å². The summed E-state index contributed by atoms with van der Waals surface area (Å²) in [4.78, 5) is 51.8. The summed E-state index contributed by atoms with van der Waals surface area (Å²) in [7, 11) is 0.